The summed E-state index contributed by atoms with van der Waals surface area (Å²) in [5, 5.41) is 6.36. The molecule has 0 atom stereocenters. The summed E-state index contributed by atoms with van der Waals surface area (Å²) in [5.41, 5.74) is 8.05. The highest BCUT2D eigenvalue weighted by Crippen LogP contribution is 2.47. The maximum Gasteiger partial charge on any atom is 0.0640 e. The molecule has 3 aromatic heterocycles. The number of rotatable bonds is 8. The number of para-hydroxylation sites is 2. The standard InChI is InChI=1S/C49H34N2S3/c1-3-37-38-19-10-12-23-44(38)53-47(37)29-32(2)50(35-26-28-46-42(30-35)39-20-11-13-24-45(39)52-46)36-25-27-40-41-21-14-22-43(49(41)54-48(40)31-36)51(33-15-6-4-7-16-33)34-17-8-5-9-18-34/h3-31H,1H2,2H3/b32-29+. The van der Waals surface area contributed by atoms with Gasteiger partial charge in [0, 0.05) is 79.1 Å². The number of allylic oxidation sites excluding steroid dienone is 1. The Kier molecular flexibility index (Phi) is 8.14. The molecule has 10 aromatic rings. The molecule has 54 heavy (non-hydrogen) atoms. The van der Waals surface area contributed by atoms with Gasteiger partial charge in [0.25, 0.3) is 0 Å². The smallest absolute Gasteiger partial charge is 0.0640 e. The minimum Gasteiger partial charge on any atom is -0.314 e. The van der Waals surface area contributed by atoms with Gasteiger partial charge in [0.15, 0.2) is 0 Å². The van der Waals surface area contributed by atoms with E-state index in [4.69, 9.17) is 0 Å². The Morgan fingerprint density at radius 3 is 1.81 bits per heavy atom. The van der Waals surface area contributed by atoms with Crippen LogP contribution < -0.4 is 9.80 Å². The predicted molar refractivity (Wildman–Crippen MR) is 241 cm³/mol. The predicted octanol–water partition coefficient (Wildman–Crippen LogP) is 15.9. The Morgan fingerprint density at radius 2 is 1.07 bits per heavy atom. The van der Waals surface area contributed by atoms with Gasteiger partial charge in [-0.05, 0) is 91.4 Å². The molecular weight excluding hydrogens is 713 g/mol. The Morgan fingerprint density at radius 1 is 0.481 bits per heavy atom. The van der Waals surface area contributed by atoms with Gasteiger partial charge in [0.2, 0.25) is 0 Å². The molecule has 0 bridgehead atoms. The van der Waals surface area contributed by atoms with Crippen LogP contribution in [0, 0.1) is 0 Å². The van der Waals surface area contributed by atoms with E-state index in [-0.39, 0.29) is 0 Å². The van der Waals surface area contributed by atoms with Crippen LogP contribution in [0.1, 0.15) is 17.4 Å². The molecular formula is C49H34N2S3. The number of nitrogens with zero attached hydrogens (tertiary/aromatic N) is 2. The minimum atomic E-state index is 1.13. The van der Waals surface area contributed by atoms with Crippen LogP contribution >= 0.6 is 34.0 Å². The molecule has 0 saturated carbocycles. The van der Waals surface area contributed by atoms with Crippen molar-refractivity contribution in [2.75, 3.05) is 9.80 Å². The first kappa shape index (κ1) is 32.7. The van der Waals surface area contributed by atoms with Gasteiger partial charge in [-0.2, -0.15) is 0 Å². The zero-order valence-corrected chi connectivity index (χ0v) is 32.0. The van der Waals surface area contributed by atoms with Crippen LogP contribution in [-0.2, 0) is 0 Å². The summed E-state index contributed by atoms with van der Waals surface area (Å²) in [5.74, 6) is 0. The Hall–Kier alpha value is -5.98. The van der Waals surface area contributed by atoms with E-state index in [0.717, 1.165) is 28.4 Å². The fourth-order valence-electron chi connectivity index (χ4n) is 7.73. The van der Waals surface area contributed by atoms with E-state index in [1.54, 1.807) is 0 Å². The second-order valence-electron chi connectivity index (χ2n) is 13.4. The Balaban J connectivity index is 1.16. The molecule has 0 unspecified atom stereocenters. The number of hydrogen-bond donors (Lipinski definition) is 0. The van der Waals surface area contributed by atoms with E-state index in [2.05, 4.69) is 193 Å². The maximum atomic E-state index is 4.22. The molecule has 0 fully saturated rings. The van der Waals surface area contributed by atoms with Crippen molar-refractivity contribution in [2.24, 2.45) is 0 Å². The molecule has 5 heteroatoms. The van der Waals surface area contributed by atoms with E-state index in [1.807, 2.05) is 40.1 Å². The largest absolute Gasteiger partial charge is 0.314 e. The summed E-state index contributed by atoms with van der Waals surface area (Å²) < 4.78 is 6.40. The van der Waals surface area contributed by atoms with Gasteiger partial charge < -0.3 is 9.80 Å². The number of fused-ring (bicyclic) bond motifs is 7. The average molecular weight is 747 g/mol. The van der Waals surface area contributed by atoms with Crippen molar-refractivity contribution in [2.45, 2.75) is 6.92 Å². The lowest BCUT2D eigenvalue weighted by atomic mass is 10.1. The van der Waals surface area contributed by atoms with Crippen molar-refractivity contribution >= 4 is 125 Å². The fourth-order valence-corrected chi connectivity index (χ4v) is 11.3. The fraction of sp³-hybridized carbons (Fsp3) is 0.0204. The number of anilines is 5. The van der Waals surface area contributed by atoms with Crippen LogP contribution in [0.15, 0.2) is 176 Å². The van der Waals surface area contributed by atoms with Crippen LogP contribution in [-0.4, -0.2) is 0 Å². The maximum absolute atomic E-state index is 4.22. The van der Waals surface area contributed by atoms with E-state index in [0.29, 0.717) is 0 Å². The second kappa shape index (κ2) is 13.5. The molecule has 3 heterocycles. The monoisotopic (exact) mass is 746 g/mol. The third-order valence-corrected chi connectivity index (χ3v) is 13.6. The number of benzene rings is 7. The summed E-state index contributed by atoms with van der Waals surface area (Å²) in [6, 6.07) is 59.3. The summed E-state index contributed by atoms with van der Waals surface area (Å²) >= 11 is 5.54. The summed E-state index contributed by atoms with van der Waals surface area (Å²) in [7, 11) is 0. The van der Waals surface area contributed by atoms with Crippen LogP contribution in [0.5, 0.6) is 0 Å². The van der Waals surface area contributed by atoms with Crippen molar-refractivity contribution in [1.82, 2.24) is 0 Å². The lowest BCUT2D eigenvalue weighted by molar-refractivity contribution is 1.18. The minimum absolute atomic E-state index is 1.13. The molecule has 2 nitrogen and oxygen atoms in total. The molecule has 0 aliphatic rings. The first-order valence-corrected chi connectivity index (χ1v) is 20.5. The van der Waals surface area contributed by atoms with E-state index in [1.165, 1.54) is 66.6 Å². The third kappa shape index (κ3) is 5.52. The molecule has 10 rings (SSSR count). The van der Waals surface area contributed by atoms with Crippen LogP contribution in [0.2, 0.25) is 0 Å². The van der Waals surface area contributed by atoms with Crippen molar-refractivity contribution in [3.05, 3.63) is 187 Å². The second-order valence-corrected chi connectivity index (χ2v) is 16.6. The van der Waals surface area contributed by atoms with Crippen molar-refractivity contribution in [1.29, 1.82) is 0 Å². The molecule has 0 aliphatic carbocycles. The molecule has 0 saturated heterocycles. The normalized spacial score (nSPS) is 12.0. The van der Waals surface area contributed by atoms with Gasteiger partial charge in [-0.25, -0.2) is 0 Å². The van der Waals surface area contributed by atoms with Gasteiger partial charge in [0.05, 0.1) is 10.4 Å². The lowest BCUT2D eigenvalue weighted by Gasteiger charge is -2.26. The molecule has 0 aliphatic heterocycles. The first-order chi connectivity index (χ1) is 26.6. The SMILES string of the molecule is C=Cc1c(/C=C(\C)N(c2ccc3c(c2)sc2c(N(c4ccccc4)c4ccccc4)cccc23)c2ccc3sc4ccccc4c3c2)sc2ccccc12. The molecule has 258 valence electrons. The highest BCUT2D eigenvalue weighted by Gasteiger charge is 2.20. The number of thiophene rings is 3. The number of hydrogen-bond acceptors (Lipinski definition) is 5. The van der Waals surface area contributed by atoms with Crippen molar-refractivity contribution in [3.8, 4) is 0 Å². The topological polar surface area (TPSA) is 6.48 Å². The van der Waals surface area contributed by atoms with E-state index < -0.39 is 0 Å². The molecule has 7 aromatic carbocycles. The van der Waals surface area contributed by atoms with E-state index >= 15 is 0 Å². The summed E-state index contributed by atoms with van der Waals surface area (Å²) in [6.07, 6.45) is 4.34. The zero-order valence-electron chi connectivity index (χ0n) is 29.6. The van der Waals surface area contributed by atoms with Crippen LogP contribution in [0.4, 0.5) is 28.4 Å². The van der Waals surface area contributed by atoms with Crippen LogP contribution in [0.3, 0.4) is 0 Å². The van der Waals surface area contributed by atoms with Gasteiger partial charge >= 0.3 is 0 Å². The van der Waals surface area contributed by atoms with Crippen molar-refractivity contribution < 1.29 is 0 Å². The van der Waals surface area contributed by atoms with E-state index in [9.17, 15) is 0 Å². The molecule has 0 spiro atoms. The Labute approximate surface area is 326 Å². The molecule has 0 N–H and O–H groups in total. The van der Waals surface area contributed by atoms with Crippen LogP contribution in [0.25, 0.3) is 62.6 Å². The van der Waals surface area contributed by atoms with Gasteiger partial charge in [-0.15, -0.1) is 34.0 Å². The van der Waals surface area contributed by atoms with Gasteiger partial charge in [0.1, 0.15) is 0 Å². The lowest BCUT2D eigenvalue weighted by Crippen LogP contribution is -2.14. The van der Waals surface area contributed by atoms with Gasteiger partial charge in [-0.3, -0.25) is 0 Å². The Bertz CT molecular complexity index is 3000. The third-order valence-electron chi connectivity index (χ3n) is 10.2. The summed E-state index contributed by atoms with van der Waals surface area (Å²) in [6.45, 7) is 6.45. The summed E-state index contributed by atoms with van der Waals surface area (Å²) in [4.78, 5) is 6.01. The molecule has 0 amide bonds. The highest BCUT2D eigenvalue weighted by molar-refractivity contribution is 7.26. The zero-order chi connectivity index (χ0) is 36.2. The highest BCUT2D eigenvalue weighted by atomic mass is 32.1. The average Bonchev–Trinajstić information content (AvgIpc) is 3.89. The van der Waals surface area contributed by atoms with Crippen molar-refractivity contribution in [3.63, 3.8) is 0 Å². The first-order valence-electron chi connectivity index (χ1n) is 18.0. The quantitative estimate of drug-likeness (QED) is 0.153. The molecule has 0 radical (unpaired) electrons. The van der Waals surface area contributed by atoms with Gasteiger partial charge in [-0.1, -0.05) is 104 Å².